The number of hydrogen-bond acceptors (Lipinski definition) is 4. The number of pyridine rings is 1. The van der Waals surface area contributed by atoms with Gasteiger partial charge in [-0.15, -0.1) is 0 Å². The fraction of sp³-hybridized carbons (Fsp3) is 0.300. The lowest BCUT2D eigenvalue weighted by atomic mass is 9.96. The molecule has 26 heavy (non-hydrogen) atoms. The number of nitrogens with zero attached hydrogens (tertiary/aromatic N) is 1. The average molecular weight is 352 g/mol. The van der Waals surface area contributed by atoms with Gasteiger partial charge in [-0.25, -0.2) is 9.18 Å². The second-order valence-corrected chi connectivity index (χ2v) is 6.34. The maximum Gasteiger partial charge on any atom is 0.408 e. The molecule has 6 heteroatoms. The molecule has 4 rings (SSSR count). The van der Waals surface area contributed by atoms with Crippen molar-refractivity contribution in [2.24, 2.45) is 5.92 Å². The molecule has 1 amide bonds. The summed E-state index contributed by atoms with van der Waals surface area (Å²) in [5.41, 5.74) is 2.11. The maximum absolute atomic E-state index is 13.6. The third-order valence-electron chi connectivity index (χ3n) is 4.46. The van der Waals surface area contributed by atoms with Crippen molar-refractivity contribution in [2.75, 3.05) is 13.2 Å². The first kappa shape index (κ1) is 16.6. The van der Waals surface area contributed by atoms with E-state index in [4.69, 9.17) is 9.47 Å². The Hall–Kier alpha value is -2.91. The molecule has 2 aromatic rings. The molecule has 3 atom stereocenters. The number of aromatic nitrogens is 1. The van der Waals surface area contributed by atoms with Gasteiger partial charge in [0, 0.05) is 30.5 Å². The minimum atomic E-state index is -0.619. The summed E-state index contributed by atoms with van der Waals surface area (Å²) in [7, 11) is 0. The molecule has 0 spiro atoms. The van der Waals surface area contributed by atoms with Crippen LogP contribution < -0.4 is 5.32 Å². The highest BCUT2D eigenvalue weighted by molar-refractivity contribution is 5.71. The lowest BCUT2D eigenvalue weighted by Crippen LogP contribution is -2.19. The third-order valence-corrected chi connectivity index (χ3v) is 4.46. The quantitative estimate of drug-likeness (QED) is 0.844. The van der Waals surface area contributed by atoms with Crippen LogP contribution in [0.3, 0.4) is 0 Å². The molecule has 5 nitrogen and oxygen atoms in total. The molecule has 0 bridgehead atoms. The van der Waals surface area contributed by atoms with Crippen molar-refractivity contribution in [3.8, 4) is 11.8 Å². The van der Waals surface area contributed by atoms with E-state index in [9.17, 15) is 9.18 Å². The fourth-order valence-corrected chi connectivity index (χ4v) is 3.15. The average Bonchev–Trinajstić information content (AvgIpc) is 3.30. The van der Waals surface area contributed by atoms with E-state index in [1.807, 2.05) is 6.07 Å². The molecule has 3 heterocycles. The first-order valence-corrected chi connectivity index (χ1v) is 8.46. The molecule has 1 aromatic carbocycles. The zero-order chi connectivity index (χ0) is 17.9. The number of alkyl carbamates (subject to hydrolysis) is 1. The Kier molecular flexibility index (Phi) is 4.55. The highest BCUT2D eigenvalue weighted by Crippen LogP contribution is 2.36. The van der Waals surface area contributed by atoms with Crippen LogP contribution in [0.15, 0.2) is 42.7 Å². The molecule has 0 radical (unpaired) electrons. The van der Waals surface area contributed by atoms with Crippen LogP contribution >= 0.6 is 0 Å². The number of carbonyl (C=O) groups is 1. The van der Waals surface area contributed by atoms with Crippen LogP contribution in [0.1, 0.15) is 35.3 Å². The van der Waals surface area contributed by atoms with Crippen LogP contribution in [-0.4, -0.2) is 24.3 Å². The van der Waals surface area contributed by atoms with Crippen molar-refractivity contribution in [1.82, 2.24) is 10.3 Å². The van der Waals surface area contributed by atoms with Gasteiger partial charge < -0.3 is 14.8 Å². The van der Waals surface area contributed by atoms with Crippen molar-refractivity contribution in [2.45, 2.75) is 18.6 Å². The molecule has 1 N–H and O–H groups in total. The van der Waals surface area contributed by atoms with E-state index in [1.54, 1.807) is 24.5 Å². The maximum atomic E-state index is 13.6. The number of rotatable bonds is 2. The number of nitrogens with one attached hydrogen (secondary N) is 1. The van der Waals surface area contributed by atoms with Gasteiger partial charge in [-0.3, -0.25) is 4.98 Å². The minimum absolute atomic E-state index is 0.244. The Morgan fingerprint density at radius 1 is 1.23 bits per heavy atom. The number of halogens is 1. The van der Waals surface area contributed by atoms with Crippen LogP contribution in [0, 0.1) is 23.6 Å². The Morgan fingerprint density at radius 2 is 2.15 bits per heavy atom. The van der Waals surface area contributed by atoms with Gasteiger partial charge in [0.15, 0.2) is 6.10 Å². The van der Waals surface area contributed by atoms with Gasteiger partial charge in [0.1, 0.15) is 11.9 Å². The van der Waals surface area contributed by atoms with Crippen molar-refractivity contribution < 1.29 is 18.7 Å². The van der Waals surface area contributed by atoms with Crippen molar-refractivity contribution >= 4 is 6.09 Å². The van der Waals surface area contributed by atoms with Gasteiger partial charge in [0.2, 0.25) is 0 Å². The summed E-state index contributed by atoms with van der Waals surface area (Å²) in [6.07, 6.45) is 3.13. The number of cyclic esters (lactones) is 1. The van der Waals surface area contributed by atoms with Gasteiger partial charge in [-0.2, -0.15) is 0 Å². The van der Waals surface area contributed by atoms with E-state index in [0.717, 1.165) is 24.2 Å². The summed E-state index contributed by atoms with van der Waals surface area (Å²) in [5, 5.41) is 2.77. The topological polar surface area (TPSA) is 60.5 Å². The molecule has 2 aliphatic rings. The number of amides is 1. The van der Waals surface area contributed by atoms with Gasteiger partial charge in [0.05, 0.1) is 6.61 Å². The predicted molar refractivity (Wildman–Crippen MR) is 91.5 cm³/mol. The third kappa shape index (κ3) is 3.53. The van der Waals surface area contributed by atoms with E-state index in [0.29, 0.717) is 12.2 Å². The fourth-order valence-electron chi connectivity index (χ4n) is 3.15. The Labute approximate surface area is 150 Å². The summed E-state index contributed by atoms with van der Waals surface area (Å²) in [6, 6.07) is 7.48. The molecule has 2 fully saturated rings. The molecule has 0 aliphatic carbocycles. The van der Waals surface area contributed by atoms with E-state index in [2.05, 4.69) is 22.1 Å². The number of hydrogen-bond donors (Lipinski definition) is 1. The largest absolute Gasteiger partial charge is 0.439 e. The van der Waals surface area contributed by atoms with Crippen molar-refractivity contribution in [3.05, 3.63) is 65.2 Å². The number of benzene rings is 1. The summed E-state index contributed by atoms with van der Waals surface area (Å²) >= 11 is 0. The monoisotopic (exact) mass is 352 g/mol. The van der Waals surface area contributed by atoms with Gasteiger partial charge in [-0.1, -0.05) is 24.0 Å². The SMILES string of the molecule is O=C1NC(c2cncc(C#CC3CCOC3)c2)C(c2cccc(F)c2)O1. The van der Waals surface area contributed by atoms with E-state index < -0.39 is 18.2 Å². The molecule has 0 saturated carbocycles. The highest BCUT2D eigenvalue weighted by Gasteiger charge is 2.36. The lowest BCUT2D eigenvalue weighted by Gasteiger charge is -2.17. The van der Waals surface area contributed by atoms with Crippen LogP contribution in [0.2, 0.25) is 0 Å². The lowest BCUT2D eigenvalue weighted by molar-refractivity contribution is 0.132. The molecule has 2 saturated heterocycles. The smallest absolute Gasteiger partial charge is 0.408 e. The van der Waals surface area contributed by atoms with Crippen molar-refractivity contribution in [1.29, 1.82) is 0 Å². The summed E-state index contributed by atoms with van der Waals surface area (Å²) < 4.78 is 24.2. The van der Waals surface area contributed by atoms with Gasteiger partial charge >= 0.3 is 6.09 Å². The first-order valence-electron chi connectivity index (χ1n) is 8.46. The van der Waals surface area contributed by atoms with Gasteiger partial charge in [0.25, 0.3) is 0 Å². The first-order chi connectivity index (χ1) is 12.7. The highest BCUT2D eigenvalue weighted by atomic mass is 19.1. The van der Waals surface area contributed by atoms with E-state index in [1.165, 1.54) is 12.1 Å². The molecule has 2 aliphatic heterocycles. The van der Waals surface area contributed by atoms with E-state index in [-0.39, 0.29) is 11.7 Å². The normalized spacial score (nSPS) is 24.5. The second kappa shape index (κ2) is 7.14. The van der Waals surface area contributed by atoms with Crippen LogP contribution in [0.4, 0.5) is 9.18 Å². The molecule has 132 valence electrons. The summed E-state index contributed by atoms with van der Waals surface area (Å²) in [4.78, 5) is 16.0. The zero-order valence-corrected chi connectivity index (χ0v) is 13.9. The predicted octanol–water partition coefficient (Wildman–Crippen LogP) is 3.13. The van der Waals surface area contributed by atoms with Crippen LogP contribution in [-0.2, 0) is 9.47 Å². The number of ether oxygens (including phenoxy) is 2. The molecular weight excluding hydrogens is 335 g/mol. The zero-order valence-electron chi connectivity index (χ0n) is 13.9. The van der Waals surface area contributed by atoms with Gasteiger partial charge in [-0.05, 0) is 35.7 Å². The second-order valence-electron chi connectivity index (χ2n) is 6.34. The molecule has 1 aromatic heterocycles. The Morgan fingerprint density at radius 3 is 2.96 bits per heavy atom. The number of carbonyl (C=O) groups excluding carboxylic acids is 1. The Balaban J connectivity index is 1.60. The Bertz CT molecular complexity index is 884. The molecular formula is C20H17FN2O3. The van der Waals surface area contributed by atoms with Crippen LogP contribution in [0.5, 0.6) is 0 Å². The standard InChI is InChI=1S/C20H17FN2O3/c21-17-3-1-2-15(9-17)19-18(23-20(24)26-19)16-8-14(10-22-11-16)5-4-13-6-7-25-12-13/h1-3,8-11,13,18-19H,6-7,12H2,(H,23,24). The minimum Gasteiger partial charge on any atom is -0.439 e. The van der Waals surface area contributed by atoms with E-state index >= 15 is 0 Å². The van der Waals surface area contributed by atoms with Crippen molar-refractivity contribution in [3.63, 3.8) is 0 Å². The summed E-state index contributed by atoms with van der Waals surface area (Å²) in [5.74, 6) is 6.18. The van der Waals surface area contributed by atoms with Crippen LogP contribution in [0.25, 0.3) is 0 Å². The summed E-state index contributed by atoms with van der Waals surface area (Å²) in [6.45, 7) is 1.41. The molecule has 3 unspecified atom stereocenters.